The summed E-state index contributed by atoms with van der Waals surface area (Å²) in [4.78, 5) is 23.3. The van der Waals surface area contributed by atoms with Crippen LogP contribution in [-0.2, 0) is 22.6 Å². The van der Waals surface area contributed by atoms with E-state index in [-0.39, 0.29) is 18.1 Å². The molecule has 0 saturated heterocycles. The Morgan fingerprint density at radius 1 is 1.10 bits per heavy atom. The van der Waals surface area contributed by atoms with Crippen LogP contribution in [0.3, 0.4) is 0 Å². The Labute approximate surface area is 169 Å². The van der Waals surface area contributed by atoms with Crippen molar-refractivity contribution in [1.82, 2.24) is 5.32 Å². The molecule has 2 aromatic rings. The van der Waals surface area contributed by atoms with Crippen LogP contribution >= 0.6 is 0 Å². The first kappa shape index (κ1) is 20.8. The number of nitrogens with one attached hydrogen (secondary N) is 1. The molecule has 0 atom stereocenters. The standard InChI is InChI=1S/C23H26FNO4/c24-19-5-1-4-18(14-19)15-23(11-3-12-23)22(28)25-16-17-7-9-20(10-8-17)29-13-2-6-21(26)27/h1,4-5,7-10,14H,2-3,6,11-13,15-16H2,(H,25,28)(H,26,27). The highest BCUT2D eigenvalue weighted by molar-refractivity contribution is 5.83. The summed E-state index contributed by atoms with van der Waals surface area (Å²) in [5.41, 5.74) is 1.36. The first-order chi connectivity index (χ1) is 14.0. The third-order valence-corrected chi connectivity index (χ3v) is 5.40. The van der Waals surface area contributed by atoms with Crippen molar-refractivity contribution in [3.05, 3.63) is 65.5 Å². The Kier molecular flexibility index (Phi) is 6.86. The molecule has 0 aromatic heterocycles. The topological polar surface area (TPSA) is 75.6 Å². The van der Waals surface area contributed by atoms with E-state index in [1.54, 1.807) is 6.07 Å². The predicted molar refractivity (Wildman–Crippen MR) is 107 cm³/mol. The van der Waals surface area contributed by atoms with Gasteiger partial charge in [-0.2, -0.15) is 0 Å². The van der Waals surface area contributed by atoms with Gasteiger partial charge in [-0.15, -0.1) is 0 Å². The number of carbonyl (C=O) groups excluding carboxylic acids is 1. The van der Waals surface area contributed by atoms with Crippen molar-refractivity contribution in [1.29, 1.82) is 0 Å². The number of hydrogen-bond donors (Lipinski definition) is 2. The van der Waals surface area contributed by atoms with Crippen LogP contribution in [0.25, 0.3) is 0 Å². The van der Waals surface area contributed by atoms with E-state index < -0.39 is 11.4 Å². The number of benzene rings is 2. The molecule has 2 aromatic carbocycles. The maximum absolute atomic E-state index is 13.5. The number of halogens is 1. The van der Waals surface area contributed by atoms with Crippen molar-refractivity contribution >= 4 is 11.9 Å². The molecule has 6 heteroatoms. The fraction of sp³-hybridized carbons (Fsp3) is 0.391. The van der Waals surface area contributed by atoms with Gasteiger partial charge in [0.1, 0.15) is 11.6 Å². The molecule has 0 unspecified atom stereocenters. The monoisotopic (exact) mass is 399 g/mol. The van der Waals surface area contributed by atoms with Gasteiger partial charge in [0, 0.05) is 13.0 Å². The molecule has 1 aliphatic carbocycles. The summed E-state index contributed by atoms with van der Waals surface area (Å²) in [5.74, 6) is -0.419. The van der Waals surface area contributed by atoms with Crippen molar-refractivity contribution in [2.24, 2.45) is 5.41 Å². The molecule has 1 aliphatic rings. The van der Waals surface area contributed by atoms with Crippen molar-refractivity contribution < 1.29 is 23.8 Å². The molecule has 1 saturated carbocycles. The quantitative estimate of drug-likeness (QED) is 0.590. The van der Waals surface area contributed by atoms with Crippen molar-refractivity contribution in [3.63, 3.8) is 0 Å². The molecule has 1 amide bonds. The highest BCUT2D eigenvalue weighted by Crippen LogP contribution is 2.44. The molecular weight excluding hydrogens is 373 g/mol. The maximum atomic E-state index is 13.5. The van der Waals surface area contributed by atoms with Gasteiger partial charge in [0.05, 0.1) is 12.0 Å². The van der Waals surface area contributed by atoms with Gasteiger partial charge < -0.3 is 15.2 Å². The summed E-state index contributed by atoms with van der Waals surface area (Å²) in [6, 6.07) is 13.9. The molecule has 0 radical (unpaired) electrons. The molecular formula is C23H26FNO4. The largest absolute Gasteiger partial charge is 0.494 e. The van der Waals surface area contributed by atoms with Gasteiger partial charge in [0.2, 0.25) is 5.91 Å². The molecule has 1 fully saturated rings. The van der Waals surface area contributed by atoms with Crippen LogP contribution in [0, 0.1) is 11.2 Å². The molecule has 154 valence electrons. The van der Waals surface area contributed by atoms with Crippen molar-refractivity contribution in [3.8, 4) is 5.75 Å². The van der Waals surface area contributed by atoms with Gasteiger partial charge in [0.25, 0.3) is 0 Å². The summed E-state index contributed by atoms with van der Waals surface area (Å²) in [6.07, 6.45) is 3.75. The molecule has 29 heavy (non-hydrogen) atoms. The lowest BCUT2D eigenvalue weighted by Crippen LogP contribution is -2.46. The fourth-order valence-electron chi connectivity index (χ4n) is 3.61. The molecule has 0 spiro atoms. The summed E-state index contributed by atoms with van der Waals surface area (Å²) in [5, 5.41) is 11.6. The molecule has 0 bridgehead atoms. The maximum Gasteiger partial charge on any atom is 0.303 e. The molecule has 0 heterocycles. The minimum atomic E-state index is -0.832. The lowest BCUT2D eigenvalue weighted by atomic mass is 9.64. The summed E-state index contributed by atoms with van der Waals surface area (Å²) in [7, 11) is 0. The molecule has 2 N–H and O–H groups in total. The summed E-state index contributed by atoms with van der Waals surface area (Å²) < 4.78 is 19.0. The van der Waals surface area contributed by atoms with E-state index >= 15 is 0 Å². The zero-order chi connectivity index (χ0) is 20.7. The Morgan fingerprint density at radius 3 is 2.48 bits per heavy atom. The highest BCUT2D eigenvalue weighted by atomic mass is 19.1. The Balaban J connectivity index is 1.49. The number of carboxylic acid groups (broad SMARTS) is 1. The van der Waals surface area contributed by atoms with Crippen molar-refractivity contribution in [2.75, 3.05) is 6.61 Å². The van der Waals surface area contributed by atoms with Gasteiger partial charge in [-0.1, -0.05) is 30.7 Å². The molecule has 5 nitrogen and oxygen atoms in total. The number of ether oxygens (including phenoxy) is 1. The van der Waals surface area contributed by atoms with Gasteiger partial charge in [-0.3, -0.25) is 9.59 Å². The van der Waals surface area contributed by atoms with Gasteiger partial charge in [0.15, 0.2) is 0 Å². The van der Waals surface area contributed by atoms with Crippen molar-refractivity contribution in [2.45, 2.75) is 45.1 Å². The number of amides is 1. The van der Waals surface area contributed by atoms with Crippen LogP contribution < -0.4 is 10.1 Å². The number of carbonyl (C=O) groups is 2. The normalized spacial score (nSPS) is 14.7. The second-order valence-corrected chi connectivity index (χ2v) is 7.61. The predicted octanol–water partition coefficient (Wildman–Crippen LogP) is 4.10. The van der Waals surface area contributed by atoms with E-state index in [9.17, 15) is 14.0 Å². The van der Waals surface area contributed by atoms with Gasteiger partial charge in [-0.25, -0.2) is 4.39 Å². The Morgan fingerprint density at radius 2 is 1.86 bits per heavy atom. The highest BCUT2D eigenvalue weighted by Gasteiger charge is 2.43. The van der Waals surface area contributed by atoms with E-state index in [0.29, 0.717) is 31.7 Å². The fourth-order valence-corrected chi connectivity index (χ4v) is 3.61. The average molecular weight is 399 g/mol. The Bertz CT molecular complexity index is 846. The summed E-state index contributed by atoms with van der Waals surface area (Å²) in [6.45, 7) is 0.772. The Hall–Kier alpha value is -2.89. The van der Waals surface area contributed by atoms with Crippen LogP contribution in [0.5, 0.6) is 5.75 Å². The van der Waals surface area contributed by atoms with E-state index in [4.69, 9.17) is 9.84 Å². The second kappa shape index (κ2) is 9.54. The zero-order valence-electron chi connectivity index (χ0n) is 16.3. The van der Waals surface area contributed by atoms with E-state index in [0.717, 1.165) is 30.4 Å². The smallest absolute Gasteiger partial charge is 0.303 e. The third kappa shape index (κ3) is 5.79. The van der Waals surface area contributed by atoms with Gasteiger partial charge in [-0.05, 0) is 61.1 Å². The SMILES string of the molecule is O=C(O)CCCOc1ccc(CNC(=O)C2(Cc3cccc(F)c3)CCC2)cc1. The number of rotatable bonds is 10. The van der Waals surface area contributed by atoms with Crippen LogP contribution in [0.15, 0.2) is 48.5 Å². The lowest BCUT2D eigenvalue weighted by Gasteiger charge is -2.40. The first-order valence-corrected chi connectivity index (χ1v) is 9.93. The third-order valence-electron chi connectivity index (χ3n) is 5.40. The molecule has 3 rings (SSSR count). The lowest BCUT2D eigenvalue weighted by molar-refractivity contribution is -0.137. The number of carboxylic acids is 1. The second-order valence-electron chi connectivity index (χ2n) is 7.61. The van der Waals surface area contributed by atoms with Gasteiger partial charge >= 0.3 is 5.97 Å². The minimum absolute atomic E-state index is 0.0157. The van der Waals surface area contributed by atoms with Crippen LogP contribution in [0.1, 0.15) is 43.2 Å². The average Bonchev–Trinajstić information content (AvgIpc) is 2.67. The van der Waals surface area contributed by atoms with E-state index in [1.807, 2.05) is 30.3 Å². The first-order valence-electron chi connectivity index (χ1n) is 9.93. The van der Waals surface area contributed by atoms with E-state index in [2.05, 4.69) is 5.32 Å². The number of aliphatic carboxylic acids is 1. The molecule has 0 aliphatic heterocycles. The zero-order valence-corrected chi connectivity index (χ0v) is 16.3. The summed E-state index contributed by atoms with van der Waals surface area (Å²) >= 11 is 0. The van der Waals surface area contributed by atoms with Crippen LogP contribution in [0.2, 0.25) is 0 Å². The van der Waals surface area contributed by atoms with E-state index in [1.165, 1.54) is 12.1 Å². The minimum Gasteiger partial charge on any atom is -0.494 e. The van der Waals surface area contributed by atoms with Crippen LogP contribution in [-0.4, -0.2) is 23.6 Å². The number of hydrogen-bond acceptors (Lipinski definition) is 3. The van der Waals surface area contributed by atoms with Crippen LogP contribution in [0.4, 0.5) is 4.39 Å².